The van der Waals surface area contributed by atoms with Gasteiger partial charge in [0, 0.05) is 25.1 Å². The van der Waals surface area contributed by atoms with Crippen LogP contribution in [0.2, 0.25) is 0 Å². The fourth-order valence-corrected chi connectivity index (χ4v) is 2.33. The fraction of sp³-hybridized carbons (Fsp3) is 0.0909. The summed E-state index contributed by atoms with van der Waals surface area (Å²) in [5, 5.41) is -0.598. The first-order valence-electron chi connectivity index (χ1n) is 5.09. The molecule has 2 aromatic heterocycles. The third kappa shape index (κ3) is 2.88. The lowest BCUT2D eigenvalue weighted by Crippen LogP contribution is -2.25. The van der Waals surface area contributed by atoms with Crippen LogP contribution in [0.15, 0.2) is 47.9 Å². The minimum Gasteiger partial charge on any atom is -0.265 e. The molecule has 0 aliphatic rings. The Morgan fingerprint density at radius 3 is 2.56 bits per heavy atom. The van der Waals surface area contributed by atoms with Gasteiger partial charge in [0.25, 0.3) is 10.0 Å². The van der Waals surface area contributed by atoms with Gasteiger partial charge in [-0.05, 0) is 29.8 Å². The predicted octanol–water partition coefficient (Wildman–Crippen LogP) is 1.09. The van der Waals surface area contributed by atoms with E-state index in [-0.39, 0.29) is 6.54 Å². The maximum Gasteiger partial charge on any atom is 0.261 e. The van der Waals surface area contributed by atoms with Crippen LogP contribution in [0.25, 0.3) is 0 Å². The first-order chi connectivity index (χ1) is 8.59. The number of sulfonamides is 1. The first-order valence-corrected chi connectivity index (χ1v) is 6.57. The average molecular weight is 267 g/mol. The number of pyridine rings is 2. The van der Waals surface area contributed by atoms with Gasteiger partial charge in [0.1, 0.15) is 0 Å². The van der Waals surface area contributed by atoms with Gasteiger partial charge < -0.3 is 0 Å². The highest BCUT2D eigenvalue weighted by atomic mass is 32.2. The summed E-state index contributed by atoms with van der Waals surface area (Å²) in [6.45, 7) is 0.0564. The zero-order valence-corrected chi connectivity index (χ0v) is 10.1. The molecule has 0 amide bonds. The van der Waals surface area contributed by atoms with Crippen molar-refractivity contribution in [3.63, 3.8) is 0 Å². The number of halogens is 1. The van der Waals surface area contributed by atoms with E-state index in [1.54, 1.807) is 24.5 Å². The van der Waals surface area contributed by atoms with Crippen LogP contribution in [0, 0.1) is 5.82 Å². The van der Waals surface area contributed by atoms with Crippen molar-refractivity contribution in [3.8, 4) is 0 Å². The van der Waals surface area contributed by atoms with Crippen molar-refractivity contribution >= 4 is 10.0 Å². The summed E-state index contributed by atoms with van der Waals surface area (Å²) >= 11 is 0. The summed E-state index contributed by atoms with van der Waals surface area (Å²) in [5.74, 6) is -0.875. The third-order valence-electron chi connectivity index (χ3n) is 2.19. The van der Waals surface area contributed by atoms with Crippen LogP contribution in [0.1, 0.15) is 5.56 Å². The first kappa shape index (κ1) is 12.6. The van der Waals surface area contributed by atoms with Gasteiger partial charge in [-0.15, -0.1) is 0 Å². The molecule has 18 heavy (non-hydrogen) atoms. The number of aromatic nitrogens is 2. The van der Waals surface area contributed by atoms with Crippen molar-refractivity contribution in [1.82, 2.24) is 14.7 Å². The topological polar surface area (TPSA) is 72.0 Å². The molecule has 2 aromatic rings. The van der Waals surface area contributed by atoms with E-state index in [1.165, 1.54) is 12.3 Å². The number of nitrogens with one attached hydrogen (secondary N) is 1. The zero-order valence-electron chi connectivity index (χ0n) is 9.25. The Hall–Kier alpha value is -1.86. The van der Waals surface area contributed by atoms with E-state index < -0.39 is 20.9 Å². The van der Waals surface area contributed by atoms with Gasteiger partial charge in [-0.25, -0.2) is 22.5 Å². The standard InChI is InChI=1S/C11H10FN3O2S/c12-10-2-1-5-14-11(10)18(16,17)15-8-9-3-6-13-7-4-9/h1-7,15H,8H2. The molecule has 0 fully saturated rings. The largest absolute Gasteiger partial charge is 0.265 e. The van der Waals surface area contributed by atoms with E-state index in [1.807, 2.05) is 0 Å². The molecule has 1 N–H and O–H groups in total. The summed E-state index contributed by atoms with van der Waals surface area (Å²) in [6.07, 6.45) is 4.32. The minimum absolute atomic E-state index is 0.0564. The Morgan fingerprint density at radius 2 is 1.89 bits per heavy atom. The van der Waals surface area contributed by atoms with Crippen molar-refractivity contribution in [3.05, 3.63) is 54.2 Å². The van der Waals surface area contributed by atoms with Gasteiger partial charge >= 0.3 is 0 Å². The Kier molecular flexibility index (Phi) is 3.63. The lowest BCUT2D eigenvalue weighted by molar-refractivity contribution is 0.544. The lowest BCUT2D eigenvalue weighted by atomic mass is 10.3. The van der Waals surface area contributed by atoms with E-state index in [2.05, 4.69) is 14.7 Å². The van der Waals surface area contributed by atoms with E-state index in [0.717, 1.165) is 11.6 Å². The van der Waals surface area contributed by atoms with Crippen LogP contribution < -0.4 is 4.72 Å². The molecule has 0 bridgehead atoms. The Balaban J connectivity index is 2.16. The zero-order chi connectivity index (χ0) is 13.0. The molecule has 0 aromatic carbocycles. The molecule has 0 aliphatic heterocycles. The second kappa shape index (κ2) is 5.19. The highest BCUT2D eigenvalue weighted by Crippen LogP contribution is 2.10. The Labute approximate surface area is 104 Å². The molecular formula is C11H10FN3O2S. The molecule has 0 saturated heterocycles. The van der Waals surface area contributed by atoms with Gasteiger partial charge in [0.2, 0.25) is 5.03 Å². The fourth-order valence-electron chi connectivity index (χ4n) is 1.32. The summed E-state index contributed by atoms with van der Waals surface area (Å²) in [6, 6.07) is 5.71. The monoisotopic (exact) mass is 267 g/mol. The summed E-state index contributed by atoms with van der Waals surface area (Å²) < 4.78 is 39.2. The highest BCUT2D eigenvalue weighted by molar-refractivity contribution is 7.89. The van der Waals surface area contributed by atoms with E-state index in [9.17, 15) is 12.8 Å². The van der Waals surface area contributed by atoms with E-state index in [0.29, 0.717) is 0 Å². The van der Waals surface area contributed by atoms with Gasteiger partial charge in [-0.2, -0.15) is 0 Å². The van der Waals surface area contributed by atoms with Gasteiger partial charge in [0.05, 0.1) is 0 Å². The van der Waals surface area contributed by atoms with Crippen molar-refractivity contribution in [2.45, 2.75) is 11.6 Å². The third-order valence-corrected chi connectivity index (χ3v) is 3.53. The van der Waals surface area contributed by atoms with Crippen LogP contribution in [0.4, 0.5) is 4.39 Å². The summed E-state index contributed by atoms with van der Waals surface area (Å²) in [4.78, 5) is 7.34. The van der Waals surface area contributed by atoms with Gasteiger partial charge in [-0.1, -0.05) is 0 Å². The maximum absolute atomic E-state index is 13.3. The molecule has 94 valence electrons. The molecule has 7 heteroatoms. The van der Waals surface area contributed by atoms with E-state index >= 15 is 0 Å². The predicted molar refractivity (Wildman–Crippen MR) is 62.5 cm³/mol. The highest BCUT2D eigenvalue weighted by Gasteiger charge is 2.19. The van der Waals surface area contributed by atoms with Crippen LogP contribution in [0.3, 0.4) is 0 Å². The van der Waals surface area contributed by atoms with Crippen molar-refractivity contribution < 1.29 is 12.8 Å². The number of nitrogens with zero attached hydrogens (tertiary/aromatic N) is 2. The lowest BCUT2D eigenvalue weighted by Gasteiger charge is -2.06. The van der Waals surface area contributed by atoms with Crippen molar-refractivity contribution in [2.24, 2.45) is 0 Å². The molecule has 5 nitrogen and oxygen atoms in total. The molecule has 2 rings (SSSR count). The molecular weight excluding hydrogens is 257 g/mol. The quantitative estimate of drug-likeness (QED) is 0.900. The smallest absolute Gasteiger partial charge is 0.261 e. The number of hydrogen-bond donors (Lipinski definition) is 1. The average Bonchev–Trinajstić information content (AvgIpc) is 2.38. The molecule has 0 saturated carbocycles. The number of hydrogen-bond acceptors (Lipinski definition) is 4. The summed E-state index contributed by atoms with van der Waals surface area (Å²) in [5.41, 5.74) is 0.727. The summed E-state index contributed by atoms with van der Waals surface area (Å²) in [7, 11) is -3.95. The Morgan fingerprint density at radius 1 is 1.17 bits per heavy atom. The molecule has 0 unspecified atom stereocenters. The molecule has 2 heterocycles. The van der Waals surface area contributed by atoms with Crippen LogP contribution in [0.5, 0.6) is 0 Å². The maximum atomic E-state index is 13.3. The number of rotatable bonds is 4. The second-order valence-corrected chi connectivity index (χ2v) is 5.15. The van der Waals surface area contributed by atoms with Crippen molar-refractivity contribution in [1.29, 1.82) is 0 Å². The molecule has 0 spiro atoms. The molecule has 0 atom stereocenters. The van der Waals surface area contributed by atoms with Crippen LogP contribution >= 0.6 is 0 Å². The van der Waals surface area contributed by atoms with Crippen LogP contribution in [-0.4, -0.2) is 18.4 Å². The van der Waals surface area contributed by atoms with Gasteiger partial charge in [0.15, 0.2) is 5.82 Å². The SMILES string of the molecule is O=S(=O)(NCc1ccncc1)c1ncccc1F. The van der Waals surface area contributed by atoms with Crippen molar-refractivity contribution in [2.75, 3.05) is 0 Å². The van der Waals surface area contributed by atoms with Gasteiger partial charge in [-0.3, -0.25) is 4.98 Å². The molecule has 0 radical (unpaired) electrons. The second-order valence-electron chi connectivity index (χ2n) is 3.47. The molecule has 0 aliphatic carbocycles. The van der Waals surface area contributed by atoms with Crippen LogP contribution in [-0.2, 0) is 16.6 Å². The minimum atomic E-state index is -3.95. The van der Waals surface area contributed by atoms with E-state index in [4.69, 9.17) is 0 Å². The normalized spacial score (nSPS) is 11.4. The Bertz CT molecular complexity index is 632.